The summed E-state index contributed by atoms with van der Waals surface area (Å²) < 4.78 is 25.0. The van der Waals surface area contributed by atoms with E-state index in [1.54, 1.807) is 19.3 Å². The highest BCUT2D eigenvalue weighted by Gasteiger charge is 2.51. The maximum Gasteiger partial charge on any atom is 0.316 e. The maximum absolute atomic E-state index is 13.9. The van der Waals surface area contributed by atoms with E-state index in [9.17, 15) is 15.0 Å². The predicted molar refractivity (Wildman–Crippen MR) is 150 cm³/mol. The molecule has 2 fully saturated rings. The fraction of sp³-hybridized carbons (Fsp3) is 0.719. The summed E-state index contributed by atoms with van der Waals surface area (Å²) in [6, 6.07) is 0. The number of hydrogen-bond donors (Lipinski definition) is 2. The van der Waals surface area contributed by atoms with Gasteiger partial charge in [-0.2, -0.15) is 0 Å². The zero-order valence-corrected chi connectivity index (χ0v) is 24.5. The minimum atomic E-state index is -1.64. The van der Waals surface area contributed by atoms with Crippen molar-refractivity contribution in [2.24, 2.45) is 17.8 Å². The van der Waals surface area contributed by atoms with E-state index < -0.39 is 29.4 Å². The van der Waals surface area contributed by atoms with Gasteiger partial charge in [-0.1, -0.05) is 49.8 Å². The average molecular weight is 545 g/mol. The molecule has 4 aliphatic rings. The molecule has 4 rings (SSSR count). The SMILES string of the molecule is CO[C@@H]1C[C@@]2(O)/C(CO)=C/C=C/[C@H](C)C/C(C)=C/C[C@@H]3C[C@@H](C[C@]4(CC[C@H](C)[C@@H](C)O4)O3)OC(=O)[C@@H]2C=C1C. The van der Waals surface area contributed by atoms with Gasteiger partial charge in [-0.15, -0.1) is 0 Å². The van der Waals surface area contributed by atoms with Crippen molar-refractivity contribution in [2.75, 3.05) is 13.7 Å². The van der Waals surface area contributed by atoms with E-state index in [4.69, 9.17) is 18.9 Å². The van der Waals surface area contributed by atoms with Gasteiger partial charge < -0.3 is 29.2 Å². The van der Waals surface area contributed by atoms with E-state index >= 15 is 0 Å². The molecular formula is C32H48O7. The smallest absolute Gasteiger partial charge is 0.316 e. The first-order valence-electron chi connectivity index (χ1n) is 14.6. The Morgan fingerprint density at radius 1 is 1.13 bits per heavy atom. The highest BCUT2D eigenvalue weighted by atomic mass is 16.7. The van der Waals surface area contributed by atoms with Crippen LogP contribution in [0.3, 0.4) is 0 Å². The second-order valence-corrected chi connectivity index (χ2v) is 12.4. The van der Waals surface area contributed by atoms with Crippen LogP contribution in [-0.2, 0) is 23.7 Å². The van der Waals surface area contributed by atoms with Gasteiger partial charge in [-0.05, 0) is 63.0 Å². The topological polar surface area (TPSA) is 94.5 Å². The highest BCUT2D eigenvalue weighted by Crippen LogP contribution is 2.44. The minimum absolute atomic E-state index is 0.0499. The fourth-order valence-electron chi connectivity index (χ4n) is 6.66. The molecule has 0 radical (unpaired) electrons. The molecule has 1 aliphatic carbocycles. The van der Waals surface area contributed by atoms with E-state index in [-0.39, 0.29) is 37.3 Å². The van der Waals surface area contributed by atoms with Gasteiger partial charge in [0, 0.05) is 32.8 Å². The number of hydrogen-bond acceptors (Lipinski definition) is 7. The summed E-state index contributed by atoms with van der Waals surface area (Å²) in [6.07, 6.45) is 13.3. The van der Waals surface area contributed by atoms with E-state index in [0.29, 0.717) is 24.3 Å². The maximum atomic E-state index is 13.9. The zero-order chi connectivity index (χ0) is 28.4. The van der Waals surface area contributed by atoms with Crippen LogP contribution in [0.4, 0.5) is 0 Å². The summed E-state index contributed by atoms with van der Waals surface area (Å²) in [6.45, 7) is 10.1. The second-order valence-electron chi connectivity index (χ2n) is 12.4. The fourth-order valence-corrected chi connectivity index (χ4v) is 6.66. The zero-order valence-electron chi connectivity index (χ0n) is 24.5. The number of carbonyl (C=O) groups excluding carboxylic acids is 1. The first-order valence-corrected chi connectivity index (χ1v) is 14.6. The Kier molecular flexibility index (Phi) is 9.60. The van der Waals surface area contributed by atoms with E-state index in [1.807, 2.05) is 13.0 Å². The van der Waals surface area contributed by atoms with E-state index in [0.717, 1.165) is 31.3 Å². The summed E-state index contributed by atoms with van der Waals surface area (Å²) >= 11 is 0. The van der Waals surface area contributed by atoms with Crippen LogP contribution in [0.1, 0.15) is 79.6 Å². The number of carbonyl (C=O) groups is 1. The Morgan fingerprint density at radius 3 is 2.59 bits per heavy atom. The van der Waals surface area contributed by atoms with Crippen LogP contribution in [0.25, 0.3) is 0 Å². The highest BCUT2D eigenvalue weighted by molar-refractivity contribution is 5.78. The Hall–Kier alpha value is -1.77. The van der Waals surface area contributed by atoms with Crippen LogP contribution in [0, 0.1) is 17.8 Å². The molecule has 39 heavy (non-hydrogen) atoms. The lowest BCUT2D eigenvalue weighted by molar-refractivity contribution is -0.332. The van der Waals surface area contributed by atoms with Crippen molar-refractivity contribution in [1.29, 1.82) is 0 Å². The van der Waals surface area contributed by atoms with Crippen molar-refractivity contribution >= 4 is 5.97 Å². The Morgan fingerprint density at radius 2 is 1.90 bits per heavy atom. The Bertz CT molecular complexity index is 1010. The summed E-state index contributed by atoms with van der Waals surface area (Å²) in [4.78, 5) is 13.9. The number of aliphatic hydroxyl groups excluding tert-OH is 1. The molecule has 2 saturated heterocycles. The number of ether oxygens (including phenoxy) is 4. The molecule has 0 aromatic rings. The lowest BCUT2D eigenvalue weighted by Gasteiger charge is -2.49. The molecule has 0 unspecified atom stereocenters. The Labute approximate surface area is 233 Å². The molecule has 2 N–H and O–H groups in total. The summed E-state index contributed by atoms with van der Waals surface area (Å²) in [7, 11) is 1.59. The van der Waals surface area contributed by atoms with Crippen LogP contribution in [0.5, 0.6) is 0 Å². The molecule has 218 valence electrons. The number of rotatable bonds is 2. The molecular weight excluding hydrogens is 496 g/mol. The summed E-state index contributed by atoms with van der Waals surface area (Å²) in [5.74, 6) is -1.55. The van der Waals surface area contributed by atoms with Crippen LogP contribution in [0.2, 0.25) is 0 Å². The first kappa shape index (κ1) is 30.2. The lowest BCUT2D eigenvalue weighted by Crippen LogP contribution is -2.55. The molecule has 7 nitrogen and oxygen atoms in total. The van der Waals surface area contributed by atoms with Gasteiger partial charge in [0.2, 0.25) is 0 Å². The number of fused-ring (bicyclic) bond motifs is 3. The van der Waals surface area contributed by atoms with Crippen molar-refractivity contribution in [3.05, 3.63) is 47.1 Å². The number of methoxy groups -OCH3 is 1. The average Bonchev–Trinajstić information content (AvgIpc) is 2.88. The van der Waals surface area contributed by atoms with Gasteiger partial charge >= 0.3 is 5.97 Å². The number of allylic oxidation sites excluding steroid dienone is 4. The van der Waals surface area contributed by atoms with Gasteiger partial charge in [0.25, 0.3) is 0 Å². The largest absolute Gasteiger partial charge is 0.462 e. The van der Waals surface area contributed by atoms with Gasteiger partial charge in [0.05, 0.1) is 24.9 Å². The van der Waals surface area contributed by atoms with E-state index in [1.165, 1.54) is 5.57 Å². The second kappa shape index (κ2) is 12.4. The molecule has 3 aliphatic heterocycles. The van der Waals surface area contributed by atoms with Gasteiger partial charge in [0.1, 0.15) is 17.6 Å². The monoisotopic (exact) mass is 544 g/mol. The Balaban J connectivity index is 1.73. The predicted octanol–water partition coefficient (Wildman–Crippen LogP) is 5.17. The van der Waals surface area contributed by atoms with Gasteiger partial charge in [0.15, 0.2) is 5.79 Å². The van der Waals surface area contributed by atoms with Crippen LogP contribution >= 0.6 is 0 Å². The van der Waals surface area contributed by atoms with Gasteiger partial charge in [-0.3, -0.25) is 4.79 Å². The molecule has 0 aromatic carbocycles. The van der Waals surface area contributed by atoms with Crippen LogP contribution < -0.4 is 0 Å². The van der Waals surface area contributed by atoms with Crippen molar-refractivity contribution in [2.45, 2.75) is 115 Å². The standard InChI is InChI=1S/C32H48O7/c1-20-8-7-9-25(19-33)32(35)18-29(36-6)23(4)15-28(32)30(34)37-27-16-26(11-10-21(2)14-20)39-31(17-27)13-12-22(3)24(5)38-31/h7-10,15,20,22,24,26-29,33,35H,11-14,16-19H2,1-6H3/b8-7+,21-10+,25-9+/t20-,22-,24+,26+,27-,28-,29+,31-,32+/m0/s1. The third-order valence-corrected chi connectivity index (χ3v) is 9.23. The molecule has 2 bridgehead atoms. The van der Waals surface area contributed by atoms with Crippen molar-refractivity contribution in [3.63, 3.8) is 0 Å². The minimum Gasteiger partial charge on any atom is -0.462 e. The third-order valence-electron chi connectivity index (χ3n) is 9.23. The summed E-state index contributed by atoms with van der Waals surface area (Å²) in [5.41, 5.74) is 0.863. The normalized spacial score (nSPS) is 45.7. The first-order chi connectivity index (χ1) is 18.5. The quantitative estimate of drug-likeness (QED) is 0.366. The van der Waals surface area contributed by atoms with E-state index in [2.05, 4.69) is 39.8 Å². The lowest BCUT2D eigenvalue weighted by atomic mass is 9.71. The molecule has 0 saturated carbocycles. The molecule has 0 amide bonds. The van der Waals surface area contributed by atoms with Crippen molar-refractivity contribution < 1.29 is 34.0 Å². The van der Waals surface area contributed by atoms with Crippen molar-refractivity contribution in [3.8, 4) is 0 Å². The molecule has 1 spiro atoms. The summed E-state index contributed by atoms with van der Waals surface area (Å²) in [5, 5.41) is 22.4. The number of aliphatic hydroxyl groups is 2. The van der Waals surface area contributed by atoms with Crippen molar-refractivity contribution in [1.82, 2.24) is 0 Å². The van der Waals surface area contributed by atoms with Crippen LogP contribution in [0.15, 0.2) is 47.1 Å². The number of esters is 1. The molecule has 0 aromatic heterocycles. The molecule has 9 atom stereocenters. The third kappa shape index (κ3) is 6.76. The van der Waals surface area contributed by atoms with Crippen LogP contribution in [-0.4, -0.2) is 65.7 Å². The van der Waals surface area contributed by atoms with Gasteiger partial charge in [-0.25, -0.2) is 0 Å². The molecule has 3 heterocycles. The molecule has 7 heteroatoms.